The Morgan fingerprint density at radius 3 is 2.95 bits per heavy atom. The van der Waals surface area contributed by atoms with E-state index in [4.69, 9.17) is 0 Å². The molecular formula is C15H17FN2O. The summed E-state index contributed by atoms with van der Waals surface area (Å²) in [6.45, 7) is 1.02. The molecule has 100 valence electrons. The number of aromatic amines is 1. The van der Waals surface area contributed by atoms with Crippen molar-refractivity contribution in [1.29, 1.82) is 0 Å². The SMILES string of the molecule is O=c1[nH]c2ccc(F)cc2cc1CC1CCCCN1. The highest BCUT2D eigenvalue weighted by molar-refractivity contribution is 5.78. The summed E-state index contributed by atoms with van der Waals surface area (Å²) in [5.74, 6) is -0.277. The lowest BCUT2D eigenvalue weighted by Crippen LogP contribution is -2.36. The Labute approximate surface area is 110 Å². The summed E-state index contributed by atoms with van der Waals surface area (Å²) in [5, 5.41) is 4.18. The van der Waals surface area contributed by atoms with Crippen molar-refractivity contribution in [2.45, 2.75) is 31.7 Å². The highest BCUT2D eigenvalue weighted by Gasteiger charge is 2.15. The van der Waals surface area contributed by atoms with Crippen molar-refractivity contribution in [2.75, 3.05) is 6.54 Å². The third-order valence-electron chi connectivity index (χ3n) is 3.76. The minimum atomic E-state index is -0.277. The van der Waals surface area contributed by atoms with Crippen molar-refractivity contribution in [3.05, 3.63) is 46.0 Å². The van der Waals surface area contributed by atoms with E-state index in [2.05, 4.69) is 10.3 Å². The Hall–Kier alpha value is -1.68. The third kappa shape index (κ3) is 2.68. The molecule has 2 aromatic rings. The molecule has 19 heavy (non-hydrogen) atoms. The van der Waals surface area contributed by atoms with Gasteiger partial charge in [0.25, 0.3) is 5.56 Å². The van der Waals surface area contributed by atoms with Gasteiger partial charge in [-0.25, -0.2) is 4.39 Å². The van der Waals surface area contributed by atoms with Crippen LogP contribution in [0.4, 0.5) is 4.39 Å². The average Bonchev–Trinajstić information content (AvgIpc) is 2.41. The van der Waals surface area contributed by atoms with Gasteiger partial charge in [0.1, 0.15) is 5.82 Å². The predicted molar refractivity (Wildman–Crippen MR) is 73.9 cm³/mol. The van der Waals surface area contributed by atoms with E-state index in [1.165, 1.54) is 25.0 Å². The number of hydrogen-bond acceptors (Lipinski definition) is 2. The second kappa shape index (κ2) is 5.13. The van der Waals surface area contributed by atoms with Gasteiger partial charge in [0.15, 0.2) is 0 Å². The lowest BCUT2D eigenvalue weighted by atomic mass is 9.98. The predicted octanol–water partition coefficient (Wildman–Crippen LogP) is 2.35. The minimum absolute atomic E-state index is 0.0634. The quantitative estimate of drug-likeness (QED) is 0.870. The normalized spacial score (nSPS) is 19.7. The molecule has 0 aliphatic carbocycles. The van der Waals surface area contributed by atoms with Crippen LogP contribution in [0.25, 0.3) is 10.9 Å². The molecule has 3 rings (SSSR count). The van der Waals surface area contributed by atoms with E-state index in [0.29, 0.717) is 18.0 Å². The van der Waals surface area contributed by atoms with Crippen LogP contribution in [0.1, 0.15) is 24.8 Å². The maximum absolute atomic E-state index is 13.2. The number of hydrogen-bond donors (Lipinski definition) is 2. The smallest absolute Gasteiger partial charge is 0.251 e. The molecule has 1 aromatic carbocycles. The standard InChI is InChI=1S/C15H17FN2O/c16-12-4-5-14-10(8-12)7-11(15(19)18-14)9-13-3-1-2-6-17-13/h4-5,7-8,13,17H,1-3,6,9H2,(H,18,19). The van der Waals surface area contributed by atoms with Crippen LogP contribution in [0.15, 0.2) is 29.1 Å². The molecular weight excluding hydrogens is 243 g/mol. The van der Waals surface area contributed by atoms with Gasteiger partial charge in [-0.3, -0.25) is 4.79 Å². The number of H-pyrrole nitrogens is 1. The van der Waals surface area contributed by atoms with Crippen molar-refractivity contribution in [1.82, 2.24) is 10.3 Å². The number of piperidine rings is 1. The first kappa shape index (κ1) is 12.4. The van der Waals surface area contributed by atoms with Crippen LogP contribution < -0.4 is 10.9 Å². The number of benzene rings is 1. The largest absolute Gasteiger partial charge is 0.322 e. The molecule has 0 saturated carbocycles. The first-order valence-corrected chi connectivity index (χ1v) is 6.77. The minimum Gasteiger partial charge on any atom is -0.322 e. The van der Waals surface area contributed by atoms with Crippen LogP contribution in [0.3, 0.4) is 0 Å². The maximum Gasteiger partial charge on any atom is 0.251 e. The van der Waals surface area contributed by atoms with Crippen molar-refractivity contribution in [3.8, 4) is 0 Å². The molecule has 1 unspecified atom stereocenters. The zero-order valence-electron chi connectivity index (χ0n) is 10.7. The Balaban J connectivity index is 1.93. The Kier molecular flexibility index (Phi) is 3.34. The molecule has 0 radical (unpaired) electrons. The van der Waals surface area contributed by atoms with E-state index < -0.39 is 0 Å². The van der Waals surface area contributed by atoms with Gasteiger partial charge >= 0.3 is 0 Å². The molecule has 4 heteroatoms. The van der Waals surface area contributed by atoms with E-state index >= 15 is 0 Å². The van der Waals surface area contributed by atoms with E-state index in [0.717, 1.165) is 23.9 Å². The first-order chi connectivity index (χ1) is 9.22. The lowest BCUT2D eigenvalue weighted by molar-refractivity contribution is 0.398. The molecule has 1 aliphatic heterocycles. The number of nitrogens with one attached hydrogen (secondary N) is 2. The zero-order chi connectivity index (χ0) is 13.2. The maximum atomic E-state index is 13.2. The van der Waals surface area contributed by atoms with Crippen molar-refractivity contribution in [3.63, 3.8) is 0 Å². The summed E-state index contributed by atoms with van der Waals surface area (Å²) >= 11 is 0. The molecule has 1 aliphatic rings. The van der Waals surface area contributed by atoms with Crippen molar-refractivity contribution < 1.29 is 4.39 Å². The molecule has 1 aromatic heterocycles. The summed E-state index contributed by atoms with van der Waals surface area (Å²) in [5.41, 5.74) is 1.36. The lowest BCUT2D eigenvalue weighted by Gasteiger charge is -2.23. The molecule has 1 atom stereocenters. The van der Waals surface area contributed by atoms with Crippen LogP contribution in [-0.2, 0) is 6.42 Å². The van der Waals surface area contributed by atoms with Gasteiger partial charge in [-0.1, -0.05) is 6.42 Å². The molecule has 0 amide bonds. The zero-order valence-corrected chi connectivity index (χ0v) is 10.7. The highest BCUT2D eigenvalue weighted by Crippen LogP contribution is 2.15. The summed E-state index contributed by atoms with van der Waals surface area (Å²) < 4.78 is 13.2. The monoisotopic (exact) mass is 260 g/mol. The van der Waals surface area contributed by atoms with Gasteiger partial charge in [-0.15, -0.1) is 0 Å². The molecule has 1 saturated heterocycles. The second-order valence-electron chi connectivity index (χ2n) is 5.21. The molecule has 3 nitrogen and oxygen atoms in total. The highest BCUT2D eigenvalue weighted by atomic mass is 19.1. The second-order valence-corrected chi connectivity index (χ2v) is 5.21. The topological polar surface area (TPSA) is 44.9 Å². The number of halogens is 1. The molecule has 1 fully saturated rings. The molecule has 2 N–H and O–H groups in total. The Morgan fingerprint density at radius 2 is 2.16 bits per heavy atom. The van der Waals surface area contributed by atoms with Gasteiger partial charge in [0.05, 0.1) is 0 Å². The van der Waals surface area contributed by atoms with Gasteiger partial charge in [0, 0.05) is 22.5 Å². The Morgan fingerprint density at radius 1 is 1.26 bits per heavy atom. The van der Waals surface area contributed by atoms with Gasteiger partial charge < -0.3 is 10.3 Å². The van der Waals surface area contributed by atoms with Crippen LogP contribution >= 0.6 is 0 Å². The molecule has 2 heterocycles. The fraction of sp³-hybridized carbons (Fsp3) is 0.400. The van der Waals surface area contributed by atoms with Gasteiger partial charge in [0.2, 0.25) is 0 Å². The third-order valence-corrected chi connectivity index (χ3v) is 3.76. The number of aromatic nitrogens is 1. The summed E-state index contributed by atoms with van der Waals surface area (Å²) in [4.78, 5) is 14.8. The van der Waals surface area contributed by atoms with Gasteiger partial charge in [-0.05, 0) is 50.1 Å². The fourth-order valence-electron chi connectivity index (χ4n) is 2.74. The van der Waals surface area contributed by atoms with Crippen molar-refractivity contribution in [2.24, 2.45) is 0 Å². The number of pyridine rings is 1. The van der Waals surface area contributed by atoms with Crippen LogP contribution in [0, 0.1) is 5.82 Å². The summed E-state index contributed by atoms with van der Waals surface area (Å²) in [6, 6.07) is 6.60. The van der Waals surface area contributed by atoms with E-state index in [1.54, 1.807) is 6.07 Å². The van der Waals surface area contributed by atoms with E-state index in [-0.39, 0.29) is 11.4 Å². The summed E-state index contributed by atoms with van der Waals surface area (Å²) in [7, 11) is 0. The fourth-order valence-corrected chi connectivity index (χ4v) is 2.74. The van der Waals surface area contributed by atoms with Crippen LogP contribution in [0.2, 0.25) is 0 Å². The molecule has 0 spiro atoms. The molecule has 0 bridgehead atoms. The number of rotatable bonds is 2. The van der Waals surface area contributed by atoms with Crippen LogP contribution in [-0.4, -0.2) is 17.6 Å². The van der Waals surface area contributed by atoms with Gasteiger partial charge in [-0.2, -0.15) is 0 Å². The average molecular weight is 260 g/mol. The summed E-state index contributed by atoms with van der Waals surface area (Å²) in [6.07, 6.45) is 4.22. The first-order valence-electron chi connectivity index (χ1n) is 6.77. The van der Waals surface area contributed by atoms with E-state index in [1.807, 2.05) is 6.07 Å². The van der Waals surface area contributed by atoms with Crippen LogP contribution in [0.5, 0.6) is 0 Å². The Bertz CT molecular complexity index is 644. The number of fused-ring (bicyclic) bond motifs is 1. The van der Waals surface area contributed by atoms with E-state index in [9.17, 15) is 9.18 Å². The van der Waals surface area contributed by atoms with Crippen molar-refractivity contribution >= 4 is 10.9 Å².